The van der Waals surface area contributed by atoms with Gasteiger partial charge in [-0.05, 0) is 19.4 Å². The second-order valence-electron chi connectivity index (χ2n) is 2.71. The molecule has 0 spiro atoms. The first-order chi connectivity index (χ1) is 5.24. The molecule has 0 aromatic heterocycles. The molecule has 0 radical (unpaired) electrons. The van der Waals surface area contributed by atoms with Gasteiger partial charge < -0.3 is 9.90 Å². The van der Waals surface area contributed by atoms with Crippen LogP contribution in [0.2, 0.25) is 0 Å². The summed E-state index contributed by atoms with van der Waals surface area (Å²) in [5.74, 6) is -0.862. The molecule has 62 valence electrons. The van der Waals surface area contributed by atoms with Crippen molar-refractivity contribution in [1.82, 2.24) is 4.90 Å². The molecular weight excluding hydrogens is 146 g/mol. The lowest BCUT2D eigenvalue weighted by atomic mass is 10.2. The van der Waals surface area contributed by atoms with Gasteiger partial charge in [0.1, 0.15) is 6.29 Å². The molecule has 1 heterocycles. The third-order valence-corrected chi connectivity index (χ3v) is 1.91. The van der Waals surface area contributed by atoms with Gasteiger partial charge in [-0.15, -0.1) is 0 Å². The average Bonchev–Trinajstić information content (AvgIpc) is 2.34. The van der Waals surface area contributed by atoms with Crippen molar-refractivity contribution >= 4 is 12.3 Å². The lowest BCUT2D eigenvalue weighted by Gasteiger charge is -2.16. The Labute approximate surface area is 64.8 Å². The Balaban J connectivity index is 2.43. The minimum absolute atomic E-state index is 0.0105. The van der Waals surface area contributed by atoms with Crippen molar-refractivity contribution < 1.29 is 14.7 Å². The summed E-state index contributed by atoms with van der Waals surface area (Å²) in [4.78, 5) is 22.3. The Bertz CT molecular complexity index is 169. The number of carboxylic acid groups (broad SMARTS) is 1. The van der Waals surface area contributed by atoms with Gasteiger partial charge in [0.15, 0.2) is 0 Å². The summed E-state index contributed by atoms with van der Waals surface area (Å²) in [6.07, 6.45) is 2.56. The summed E-state index contributed by atoms with van der Waals surface area (Å²) in [6, 6.07) is -0.161. The smallest absolute Gasteiger partial charge is 0.317 e. The van der Waals surface area contributed by atoms with Crippen LogP contribution in [0.15, 0.2) is 0 Å². The minimum atomic E-state index is -0.862. The third-order valence-electron chi connectivity index (χ3n) is 1.91. The van der Waals surface area contributed by atoms with Crippen molar-refractivity contribution in [2.75, 3.05) is 13.1 Å². The highest BCUT2D eigenvalue weighted by molar-refractivity contribution is 5.70. The molecule has 11 heavy (non-hydrogen) atoms. The van der Waals surface area contributed by atoms with E-state index in [2.05, 4.69) is 0 Å². The van der Waals surface area contributed by atoms with Crippen molar-refractivity contribution in [1.29, 1.82) is 0 Å². The van der Waals surface area contributed by atoms with E-state index in [9.17, 15) is 9.59 Å². The zero-order chi connectivity index (χ0) is 8.27. The molecule has 1 aliphatic rings. The van der Waals surface area contributed by atoms with Crippen molar-refractivity contribution in [3.05, 3.63) is 0 Å². The van der Waals surface area contributed by atoms with E-state index in [0.717, 1.165) is 25.7 Å². The van der Waals surface area contributed by atoms with Gasteiger partial charge in [0, 0.05) is 0 Å². The van der Waals surface area contributed by atoms with Crippen LogP contribution in [0.1, 0.15) is 12.8 Å². The van der Waals surface area contributed by atoms with Crippen molar-refractivity contribution in [2.45, 2.75) is 18.9 Å². The van der Waals surface area contributed by atoms with Crippen LogP contribution in [0.5, 0.6) is 0 Å². The monoisotopic (exact) mass is 157 g/mol. The summed E-state index contributed by atoms with van der Waals surface area (Å²) in [7, 11) is 0. The SMILES string of the molecule is O=C[C@@H]1CCCN1CC(=O)O. The van der Waals surface area contributed by atoms with Crippen LogP contribution < -0.4 is 0 Å². The number of hydrogen-bond acceptors (Lipinski definition) is 3. The molecule has 1 atom stereocenters. The Morgan fingerprint density at radius 3 is 3.00 bits per heavy atom. The lowest BCUT2D eigenvalue weighted by molar-refractivity contribution is -0.138. The molecule has 0 amide bonds. The maximum absolute atomic E-state index is 10.4. The van der Waals surface area contributed by atoms with Gasteiger partial charge >= 0.3 is 5.97 Å². The molecule has 1 fully saturated rings. The lowest BCUT2D eigenvalue weighted by Crippen LogP contribution is -2.34. The number of carboxylic acids is 1. The maximum Gasteiger partial charge on any atom is 0.317 e. The van der Waals surface area contributed by atoms with E-state index in [4.69, 9.17) is 5.11 Å². The van der Waals surface area contributed by atoms with Crippen LogP contribution in [0.25, 0.3) is 0 Å². The fraction of sp³-hybridized carbons (Fsp3) is 0.714. The number of nitrogens with zero attached hydrogens (tertiary/aromatic N) is 1. The predicted octanol–water partition coefficient (Wildman–Crippen LogP) is -0.266. The molecule has 0 aromatic rings. The first-order valence-corrected chi connectivity index (χ1v) is 3.65. The molecule has 0 aliphatic carbocycles. The van der Waals surface area contributed by atoms with Gasteiger partial charge in [-0.2, -0.15) is 0 Å². The number of rotatable bonds is 3. The molecule has 1 N–H and O–H groups in total. The minimum Gasteiger partial charge on any atom is -0.480 e. The van der Waals surface area contributed by atoms with E-state index >= 15 is 0 Å². The highest BCUT2D eigenvalue weighted by Gasteiger charge is 2.24. The normalized spacial score (nSPS) is 25.3. The van der Waals surface area contributed by atoms with E-state index < -0.39 is 5.97 Å². The van der Waals surface area contributed by atoms with Gasteiger partial charge in [-0.1, -0.05) is 0 Å². The molecule has 4 heteroatoms. The van der Waals surface area contributed by atoms with Crippen molar-refractivity contribution in [2.24, 2.45) is 0 Å². The number of hydrogen-bond donors (Lipinski definition) is 1. The molecular formula is C7H11NO3. The van der Waals surface area contributed by atoms with E-state index in [1.165, 1.54) is 0 Å². The predicted molar refractivity (Wildman–Crippen MR) is 38.3 cm³/mol. The van der Waals surface area contributed by atoms with Gasteiger partial charge in [0.25, 0.3) is 0 Å². The summed E-state index contributed by atoms with van der Waals surface area (Å²) in [6.45, 7) is 0.721. The second-order valence-corrected chi connectivity index (χ2v) is 2.71. The summed E-state index contributed by atoms with van der Waals surface area (Å²) in [5, 5.41) is 8.43. The molecule has 1 saturated heterocycles. The Kier molecular flexibility index (Phi) is 2.59. The third kappa shape index (κ3) is 2.01. The Morgan fingerprint density at radius 2 is 2.45 bits per heavy atom. The standard InChI is InChI=1S/C7H11NO3/c9-5-6-2-1-3-8(6)4-7(10)11/h5-6H,1-4H2,(H,10,11)/t6-/m0/s1. The zero-order valence-corrected chi connectivity index (χ0v) is 6.19. The summed E-state index contributed by atoms with van der Waals surface area (Å²) >= 11 is 0. The molecule has 0 bridgehead atoms. The van der Waals surface area contributed by atoms with Crippen molar-refractivity contribution in [3.8, 4) is 0 Å². The number of likely N-dealkylation sites (tertiary alicyclic amines) is 1. The summed E-state index contributed by atoms with van der Waals surface area (Å²) in [5.41, 5.74) is 0. The van der Waals surface area contributed by atoms with Gasteiger partial charge in [0.05, 0.1) is 12.6 Å². The molecule has 1 rings (SSSR count). The Hall–Kier alpha value is -0.900. The van der Waals surface area contributed by atoms with Crippen molar-refractivity contribution in [3.63, 3.8) is 0 Å². The zero-order valence-electron chi connectivity index (χ0n) is 6.19. The number of aldehydes is 1. The molecule has 1 aliphatic heterocycles. The van der Waals surface area contributed by atoms with E-state index in [1.54, 1.807) is 4.90 Å². The quantitative estimate of drug-likeness (QED) is 0.573. The number of carbonyl (C=O) groups is 2. The van der Waals surface area contributed by atoms with Crippen LogP contribution >= 0.6 is 0 Å². The number of carbonyl (C=O) groups excluding carboxylic acids is 1. The number of aliphatic carboxylic acids is 1. The largest absolute Gasteiger partial charge is 0.480 e. The van der Waals surface area contributed by atoms with E-state index in [1.807, 2.05) is 0 Å². The maximum atomic E-state index is 10.4. The molecule has 0 unspecified atom stereocenters. The topological polar surface area (TPSA) is 57.6 Å². The van der Waals surface area contributed by atoms with Gasteiger partial charge in [0.2, 0.25) is 0 Å². The van der Waals surface area contributed by atoms with Crippen LogP contribution in [0.3, 0.4) is 0 Å². The second kappa shape index (κ2) is 3.48. The first kappa shape index (κ1) is 8.20. The van der Waals surface area contributed by atoms with Crippen LogP contribution in [0.4, 0.5) is 0 Å². The summed E-state index contributed by atoms with van der Waals surface area (Å²) < 4.78 is 0. The fourth-order valence-electron chi connectivity index (χ4n) is 1.38. The molecule has 0 saturated carbocycles. The fourth-order valence-corrected chi connectivity index (χ4v) is 1.38. The van der Waals surface area contributed by atoms with Gasteiger partial charge in [-0.25, -0.2) is 0 Å². The van der Waals surface area contributed by atoms with E-state index in [0.29, 0.717) is 0 Å². The van der Waals surface area contributed by atoms with Crippen LogP contribution in [0, 0.1) is 0 Å². The van der Waals surface area contributed by atoms with Crippen LogP contribution in [-0.2, 0) is 9.59 Å². The van der Waals surface area contributed by atoms with E-state index in [-0.39, 0.29) is 12.6 Å². The first-order valence-electron chi connectivity index (χ1n) is 3.65. The Morgan fingerprint density at radius 1 is 1.73 bits per heavy atom. The molecule has 0 aromatic carbocycles. The highest BCUT2D eigenvalue weighted by atomic mass is 16.4. The molecule has 4 nitrogen and oxygen atoms in total. The van der Waals surface area contributed by atoms with Crippen LogP contribution in [-0.4, -0.2) is 41.4 Å². The van der Waals surface area contributed by atoms with Gasteiger partial charge in [-0.3, -0.25) is 9.69 Å². The average molecular weight is 157 g/mol. The highest BCUT2D eigenvalue weighted by Crippen LogP contribution is 2.13.